The number of aromatic nitrogens is 5. The van der Waals surface area contributed by atoms with E-state index in [1.165, 1.54) is 123 Å². The molecule has 11 aromatic carbocycles. The number of nitrogens with zero attached hydrogens (tertiary/aromatic N) is 5. The second-order valence-electron chi connectivity index (χ2n) is 25.7. The quantitative estimate of drug-likeness (QED) is 0.0633. The molecule has 0 bridgehead atoms. The Labute approximate surface area is 705 Å². The van der Waals surface area contributed by atoms with Gasteiger partial charge >= 0.3 is 0 Å². The summed E-state index contributed by atoms with van der Waals surface area (Å²) < 4.78 is 0. The van der Waals surface area contributed by atoms with Crippen LogP contribution >= 0.6 is 0 Å². The molecule has 16 aromatic rings. The van der Waals surface area contributed by atoms with E-state index in [0.717, 1.165) is 61.9 Å². The first-order valence-electron chi connectivity index (χ1n) is 36.5. The van der Waals surface area contributed by atoms with E-state index in [0.29, 0.717) is 0 Å². The van der Waals surface area contributed by atoms with E-state index in [4.69, 9.17) is 0 Å². The third-order valence-electron chi connectivity index (χ3n) is 18.0. The first-order valence-corrected chi connectivity index (χ1v) is 36.5. The summed E-state index contributed by atoms with van der Waals surface area (Å²) in [6, 6.07) is 133. The molecule has 110 heavy (non-hydrogen) atoms. The topological polar surface area (TPSA) is 64.5 Å². The van der Waals surface area contributed by atoms with Gasteiger partial charge in [0.2, 0.25) is 0 Å². The van der Waals surface area contributed by atoms with E-state index in [2.05, 4.69) is 264 Å². The zero-order valence-electron chi connectivity index (χ0n) is 61.7. The Balaban J connectivity index is 0.000000180. The summed E-state index contributed by atoms with van der Waals surface area (Å²) in [7, 11) is 0. The van der Waals surface area contributed by atoms with Gasteiger partial charge in [-0.15, -0.1) is 177 Å². The molecule has 0 aliphatic heterocycles. The molecule has 0 spiro atoms. The van der Waals surface area contributed by atoms with Crippen LogP contribution in [0.3, 0.4) is 0 Å². The fourth-order valence-corrected chi connectivity index (χ4v) is 12.4. The summed E-state index contributed by atoms with van der Waals surface area (Å²) in [6.45, 7) is 6.53. The second-order valence-corrected chi connectivity index (χ2v) is 25.7. The van der Waals surface area contributed by atoms with E-state index in [-0.39, 0.29) is 80.4 Å². The van der Waals surface area contributed by atoms with E-state index in [9.17, 15) is 0 Å². The smallest absolute Gasteiger partial charge is 0.0160 e. The maximum atomic E-state index is 4.49. The Morgan fingerprint density at radius 2 is 0.600 bits per heavy atom. The van der Waals surface area contributed by atoms with Gasteiger partial charge in [-0.2, -0.15) is 0 Å². The number of unbranched alkanes of at least 4 members (excludes halogenated alkanes) is 5. The molecular formula is C101H84Ir4N5-5. The summed E-state index contributed by atoms with van der Waals surface area (Å²) in [5, 5.41) is 0. The van der Waals surface area contributed by atoms with Gasteiger partial charge in [0.25, 0.3) is 0 Å². The van der Waals surface area contributed by atoms with Crippen LogP contribution in [0.5, 0.6) is 0 Å². The SMILES string of the molecule is CCCCCCCCc1c[c-]c(-c2ccccn2)cc1.Cc1ccc(C)c(-c2cc[c-]c(-c3ccccn3)c2)c1.[Ir].[Ir].[Ir].[Ir].[c-]1ccc(-c2cccc(-c3cc(-c4ccccc4)cc(-c4ccccc4)c3)c2)cc1-c1ccccn1.[c-]1ccc(-c2ccccc2)cc1-c1ccccn1.[c-]1ccccc1-c1ccccn1. The molecule has 0 amide bonds. The minimum atomic E-state index is 0. The Kier molecular flexibility index (Phi) is 35.9. The van der Waals surface area contributed by atoms with Crippen molar-refractivity contribution in [2.75, 3.05) is 0 Å². The number of hydrogen-bond acceptors (Lipinski definition) is 5. The minimum Gasteiger partial charge on any atom is -0.305 e. The Bertz CT molecular complexity index is 5110. The molecule has 554 valence electrons. The summed E-state index contributed by atoms with van der Waals surface area (Å²) in [5.74, 6) is 0. The maximum Gasteiger partial charge on any atom is 0.0160 e. The largest absolute Gasteiger partial charge is 0.305 e. The number of hydrogen-bond donors (Lipinski definition) is 0. The Morgan fingerprint density at radius 1 is 0.245 bits per heavy atom. The zero-order chi connectivity index (χ0) is 72.6. The zero-order valence-corrected chi connectivity index (χ0v) is 71.3. The Hall–Kier alpha value is -10.2. The van der Waals surface area contributed by atoms with Crippen LogP contribution in [0.1, 0.15) is 62.1 Å². The van der Waals surface area contributed by atoms with Crippen molar-refractivity contribution in [2.24, 2.45) is 0 Å². The molecule has 5 heterocycles. The molecule has 0 saturated carbocycles. The molecule has 0 atom stereocenters. The molecule has 0 aliphatic rings. The normalized spacial score (nSPS) is 10.1. The van der Waals surface area contributed by atoms with E-state index < -0.39 is 0 Å². The van der Waals surface area contributed by atoms with E-state index in [1.807, 2.05) is 170 Å². The molecule has 4 radical (unpaired) electrons. The van der Waals surface area contributed by atoms with Gasteiger partial charge in [-0.3, -0.25) is 0 Å². The van der Waals surface area contributed by atoms with E-state index in [1.54, 1.807) is 12.4 Å². The molecule has 16 rings (SSSR count). The van der Waals surface area contributed by atoms with Crippen molar-refractivity contribution < 1.29 is 80.4 Å². The first kappa shape index (κ1) is 85.4. The molecular weight excluding hydrogens is 2050 g/mol. The molecule has 0 N–H and O–H groups in total. The number of rotatable bonds is 18. The molecule has 9 heteroatoms. The first-order chi connectivity index (χ1) is 52.4. The van der Waals surface area contributed by atoms with Gasteiger partial charge in [0.15, 0.2) is 0 Å². The van der Waals surface area contributed by atoms with Crippen LogP contribution in [0.25, 0.3) is 123 Å². The van der Waals surface area contributed by atoms with Gasteiger partial charge in [-0.1, -0.05) is 245 Å². The predicted molar refractivity (Wildman–Crippen MR) is 442 cm³/mol. The molecule has 5 aromatic heterocycles. The van der Waals surface area contributed by atoms with Crippen molar-refractivity contribution in [1.82, 2.24) is 24.9 Å². The summed E-state index contributed by atoms with van der Waals surface area (Å²) in [6.07, 6.45) is 18.3. The molecule has 0 aliphatic carbocycles. The van der Waals surface area contributed by atoms with Crippen LogP contribution in [0.15, 0.2) is 371 Å². The fraction of sp³-hybridized carbons (Fsp3) is 0.0990. The monoisotopic (exact) mass is 2140 g/mol. The fourth-order valence-electron chi connectivity index (χ4n) is 12.4. The van der Waals surface area contributed by atoms with Crippen LogP contribution < -0.4 is 0 Å². The third kappa shape index (κ3) is 25.7. The number of aryl methyl sites for hydroxylation is 3. The summed E-state index contributed by atoms with van der Waals surface area (Å²) >= 11 is 0. The average Bonchev–Trinajstić information content (AvgIpc) is 0.802. The number of benzene rings is 11. The standard InChI is InChI=1S/C35H24N.C19H16N.C19H24N.C17H12N.C11H8N.4Ir/c1-3-11-26(12-4-1)32-23-33(27-13-5-2-6-14-27)25-34(24-32)30-17-9-15-28(21-30)29-16-10-18-31(22-29)35-19-7-8-20-36-35;1-14-9-10-15(2)18(12-14)16-6-5-7-17(13-16)19-8-3-4-11-20-19;1-2-3-4-5-6-7-10-17-12-14-18(15-13-17)19-11-8-9-16-20-19;1-2-7-14(8-3-1)15-9-6-10-16(13-15)17-11-4-5-12-18-17;1-2-6-10(7-3-1)11-8-4-5-9-12-11;;;;/h1-17,19-25H;3-6,8-13H,1-2H3;8-9,11-14,16H,2-7,10H2,1H3;1-9,11-13H;1-6,8-9H;;;;/q5*-1;;;;. The van der Waals surface area contributed by atoms with Crippen molar-refractivity contribution in [1.29, 1.82) is 0 Å². The van der Waals surface area contributed by atoms with E-state index >= 15 is 0 Å². The van der Waals surface area contributed by atoms with Gasteiger partial charge in [0, 0.05) is 111 Å². The van der Waals surface area contributed by atoms with Crippen LogP contribution in [-0.4, -0.2) is 24.9 Å². The summed E-state index contributed by atoms with van der Waals surface area (Å²) in [5.41, 5.74) is 28.4. The maximum absolute atomic E-state index is 4.49. The van der Waals surface area contributed by atoms with Crippen molar-refractivity contribution in [3.63, 3.8) is 0 Å². The van der Waals surface area contributed by atoms with Crippen LogP contribution in [0.2, 0.25) is 0 Å². The predicted octanol–water partition coefficient (Wildman–Crippen LogP) is 26.3. The molecule has 0 fully saturated rings. The molecule has 0 unspecified atom stereocenters. The van der Waals surface area contributed by atoms with Crippen LogP contribution in [0.4, 0.5) is 0 Å². The summed E-state index contributed by atoms with van der Waals surface area (Å²) in [4.78, 5) is 21.8. The number of pyridine rings is 5. The van der Waals surface area contributed by atoms with Crippen molar-refractivity contribution in [3.8, 4) is 123 Å². The van der Waals surface area contributed by atoms with Crippen molar-refractivity contribution >= 4 is 0 Å². The Morgan fingerprint density at radius 3 is 1.04 bits per heavy atom. The van der Waals surface area contributed by atoms with Gasteiger partial charge in [-0.05, 0) is 153 Å². The van der Waals surface area contributed by atoms with Crippen LogP contribution in [0, 0.1) is 44.2 Å². The van der Waals surface area contributed by atoms with Gasteiger partial charge in [0.1, 0.15) is 0 Å². The van der Waals surface area contributed by atoms with Crippen molar-refractivity contribution in [3.05, 3.63) is 418 Å². The van der Waals surface area contributed by atoms with Gasteiger partial charge in [0.05, 0.1) is 0 Å². The van der Waals surface area contributed by atoms with Crippen molar-refractivity contribution in [2.45, 2.75) is 65.7 Å². The molecule has 0 saturated heterocycles. The van der Waals surface area contributed by atoms with Gasteiger partial charge in [-0.25, -0.2) is 0 Å². The third-order valence-corrected chi connectivity index (χ3v) is 18.0. The van der Waals surface area contributed by atoms with Crippen LogP contribution in [-0.2, 0) is 86.8 Å². The average molecular weight is 2140 g/mol. The molecule has 5 nitrogen and oxygen atoms in total. The minimum absolute atomic E-state index is 0. The van der Waals surface area contributed by atoms with Gasteiger partial charge < -0.3 is 24.9 Å². The second kappa shape index (κ2) is 46.3.